The number of nitrogens with zero attached hydrogens (tertiary/aromatic N) is 1. The van der Waals surface area contributed by atoms with Crippen LogP contribution in [0.3, 0.4) is 0 Å². The van der Waals surface area contributed by atoms with E-state index in [2.05, 4.69) is 20.8 Å². The summed E-state index contributed by atoms with van der Waals surface area (Å²) >= 11 is 12.1. The van der Waals surface area contributed by atoms with Crippen LogP contribution in [-0.2, 0) is 9.53 Å². The van der Waals surface area contributed by atoms with Crippen molar-refractivity contribution in [2.45, 2.75) is 58.2 Å². The number of carbonyl (C=O) groups is 2. The second-order valence-electron chi connectivity index (χ2n) is 8.58. The van der Waals surface area contributed by atoms with Crippen LogP contribution in [0.2, 0.25) is 10.0 Å². The molecule has 0 bridgehead atoms. The Labute approximate surface area is 169 Å². The van der Waals surface area contributed by atoms with Gasteiger partial charge in [-0.05, 0) is 55.2 Å². The molecule has 148 valence electrons. The predicted octanol–water partition coefficient (Wildman–Crippen LogP) is 4.85. The zero-order valence-corrected chi connectivity index (χ0v) is 17.3. The Kier molecular flexibility index (Phi) is 5.50. The number of hydrogen-bond acceptors (Lipinski definition) is 3. The third kappa shape index (κ3) is 3.96. The first kappa shape index (κ1) is 20.4. The number of hydrogen-bond donors (Lipinski definition) is 1. The molecule has 1 heterocycles. The number of aliphatic carboxylic acids is 1. The molecule has 3 rings (SSSR count). The summed E-state index contributed by atoms with van der Waals surface area (Å²) in [6.07, 6.45) is 3.02. The molecule has 1 aliphatic heterocycles. The molecule has 0 radical (unpaired) electrons. The number of ether oxygens (including phenoxy) is 1. The van der Waals surface area contributed by atoms with Crippen molar-refractivity contribution >= 4 is 35.1 Å². The molecule has 1 amide bonds. The molecule has 1 atom stereocenters. The average molecular weight is 414 g/mol. The van der Waals surface area contributed by atoms with Crippen molar-refractivity contribution in [3.63, 3.8) is 0 Å². The molecule has 1 aromatic rings. The number of carboxylic acids is 1. The van der Waals surface area contributed by atoms with E-state index in [9.17, 15) is 14.7 Å². The number of halogens is 2. The van der Waals surface area contributed by atoms with Gasteiger partial charge >= 0.3 is 5.97 Å². The van der Waals surface area contributed by atoms with E-state index in [0.717, 1.165) is 12.8 Å². The first-order chi connectivity index (χ1) is 12.5. The molecule has 2 aliphatic rings. The lowest BCUT2D eigenvalue weighted by Gasteiger charge is -2.46. The Morgan fingerprint density at radius 2 is 1.70 bits per heavy atom. The van der Waals surface area contributed by atoms with Gasteiger partial charge in [0.1, 0.15) is 5.72 Å². The van der Waals surface area contributed by atoms with Gasteiger partial charge in [0.2, 0.25) is 0 Å². The highest BCUT2D eigenvalue weighted by Crippen LogP contribution is 2.47. The molecule has 1 N–H and O–H groups in total. The second kappa shape index (κ2) is 7.26. The fraction of sp³-hybridized carbons (Fsp3) is 0.600. The molecule has 0 unspecified atom stereocenters. The van der Waals surface area contributed by atoms with Crippen LogP contribution in [0, 0.1) is 11.3 Å². The minimum absolute atomic E-state index is 0.00441. The topological polar surface area (TPSA) is 66.8 Å². The first-order valence-electron chi connectivity index (χ1n) is 9.20. The minimum Gasteiger partial charge on any atom is -0.480 e. The van der Waals surface area contributed by atoms with Crippen LogP contribution in [0.5, 0.6) is 0 Å². The van der Waals surface area contributed by atoms with Crippen molar-refractivity contribution in [3.05, 3.63) is 33.8 Å². The fourth-order valence-electron chi connectivity index (χ4n) is 4.31. The Bertz CT molecular complexity index is 731. The highest BCUT2D eigenvalue weighted by atomic mass is 35.5. The summed E-state index contributed by atoms with van der Waals surface area (Å²) in [5, 5.41) is 10.3. The zero-order valence-electron chi connectivity index (χ0n) is 15.8. The number of rotatable bonds is 2. The molecule has 1 spiro atoms. The van der Waals surface area contributed by atoms with Crippen LogP contribution in [0.4, 0.5) is 0 Å². The Morgan fingerprint density at radius 3 is 2.19 bits per heavy atom. The van der Waals surface area contributed by atoms with Crippen molar-refractivity contribution in [1.29, 1.82) is 0 Å². The first-order valence-corrected chi connectivity index (χ1v) is 9.96. The normalized spacial score (nSPS) is 28.6. The lowest BCUT2D eigenvalue weighted by Crippen LogP contribution is -2.55. The second-order valence-corrected chi connectivity index (χ2v) is 9.46. The summed E-state index contributed by atoms with van der Waals surface area (Å²) in [4.78, 5) is 26.5. The van der Waals surface area contributed by atoms with Gasteiger partial charge in [0, 0.05) is 15.6 Å². The van der Waals surface area contributed by atoms with Crippen LogP contribution in [0.15, 0.2) is 18.2 Å². The number of benzene rings is 1. The Morgan fingerprint density at radius 1 is 1.15 bits per heavy atom. The van der Waals surface area contributed by atoms with Gasteiger partial charge in [-0.25, -0.2) is 4.79 Å². The van der Waals surface area contributed by atoms with Crippen molar-refractivity contribution < 1.29 is 19.4 Å². The van der Waals surface area contributed by atoms with Gasteiger partial charge < -0.3 is 9.84 Å². The van der Waals surface area contributed by atoms with E-state index in [4.69, 9.17) is 27.9 Å². The summed E-state index contributed by atoms with van der Waals surface area (Å²) in [7, 11) is 0. The fourth-order valence-corrected chi connectivity index (χ4v) is 4.83. The maximum absolute atomic E-state index is 13.3. The van der Waals surface area contributed by atoms with Crippen LogP contribution in [0.1, 0.15) is 56.8 Å². The molecule has 0 aromatic heterocycles. The maximum Gasteiger partial charge on any atom is 0.328 e. The van der Waals surface area contributed by atoms with E-state index >= 15 is 0 Å². The van der Waals surface area contributed by atoms with Crippen LogP contribution >= 0.6 is 23.2 Å². The monoisotopic (exact) mass is 413 g/mol. The van der Waals surface area contributed by atoms with Gasteiger partial charge in [-0.15, -0.1) is 0 Å². The molecule has 1 aliphatic carbocycles. The van der Waals surface area contributed by atoms with Gasteiger partial charge in [0.25, 0.3) is 5.91 Å². The molecule has 2 fully saturated rings. The number of carbonyl (C=O) groups excluding carboxylic acids is 1. The summed E-state index contributed by atoms with van der Waals surface area (Å²) in [5.41, 5.74) is -0.431. The molecule has 27 heavy (non-hydrogen) atoms. The predicted molar refractivity (Wildman–Crippen MR) is 104 cm³/mol. The largest absolute Gasteiger partial charge is 0.480 e. The third-order valence-corrected chi connectivity index (χ3v) is 6.30. The summed E-state index contributed by atoms with van der Waals surface area (Å²) in [5.74, 6) is -0.960. The Balaban J connectivity index is 1.93. The van der Waals surface area contributed by atoms with Crippen LogP contribution in [0.25, 0.3) is 0 Å². The molecule has 5 nitrogen and oxygen atoms in total. The van der Waals surface area contributed by atoms with Crippen molar-refractivity contribution in [2.75, 3.05) is 6.61 Å². The molecule has 1 saturated carbocycles. The number of amides is 1. The highest BCUT2D eigenvalue weighted by molar-refractivity contribution is 6.35. The number of carboxylic acid groups (broad SMARTS) is 1. The van der Waals surface area contributed by atoms with Gasteiger partial charge in [-0.2, -0.15) is 0 Å². The van der Waals surface area contributed by atoms with E-state index in [1.807, 2.05) is 0 Å². The SMILES string of the molecule is CC(C)(C)C1CCC2(CC1)OC[C@@H](C(=O)O)N2C(=O)c1cc(Cl)cc(Cl)c1. The Hall–Kier alpha value is -1.30. The molecule has 7 heteroatoms. The minimum atomic E-state index is -1.06. The maximum atomic E-state index is 13.3. The van der Waals surface area contributed by atoms with E-state index in [1.54, 1.807) is 6.07 Å². The van der Waals surface area contributed by atoms with E-state index in [0.29, 0.717) is 28.8 Å². The average Bonchev–Trinajstić information content (AvgIpc) is 2.91. The summed E-state index contributed by atoms with van der Waals surface area (Å²) in [6, 6.07) is 3.56. The highest BCUT2D eigenvalue weighted by Gasteiger charge is 2.54. The lowest BCUT2D eigenvalue weighted by molar-refractivity contribution is -0.144. The van der Waals surface area contributed by atoms with Gasteiger partial charge in [0.15, 0.2) is 6.04 Å². The van der Waals surface area contributed by atoms with Crippen molar-refractivity contribution in [3.8, 4) is 0 Å². The van der Waals surface area contributed by atoms with Crippen LogP contribution in [-0.4, -0.2) is 40.3 Å². The molecule has 1 aromatic carbocycles. The summed E-state index contributed by atoms with van der Waals surface area (Å²) in [6.45, 7) is 6.63. The van der Waals surface area contributed by atoms with Crippen molar-refractivity contribution in [1.82, 2.24) is 4.90 Å². The molecule has 1 saturated heterocycles. The van der Waals surface area contributed by atoms with Crippen molar-refractivity contribution in [2.24, 2.45) is 11.3 Å². The van der Waals surface area contributed by atoms with Gasteiger partial charge in [0.05, 0.1) is 6.61 Å². The smallest absolute Gasteiger partial charge is 0.328 e. The molecular formula is C20H25Cl2NO4. The van der Waals surface area contributed by atoms with E-state index in [1.165, 1.54) is 17.0 Å². The standard InChI is InChI=1S/C20H25Cl2NO4/c1-19(2,3)13-4-6-20(7-5-13)23(16(11-27-20)18(25)26)17(24)12-8-14(21)10-15(22)9-12/h8-10,13,16H,4-7,11H2,1-3H3,(H,25,26)/t13?,16-,20?/m0/s1. The third-order valence-electron chi connectivity index (χ3n) is 5.87. The van der Waals surface area contributed by atoms with E-state index in [-0.39, 0.29) is 17.6 Å². The summed E-state index contributed by atoms with van der Waals surface area (Å²) < 4.78 is 5.99. The van der Waals surface area contributed by atoms with E-state index < -0.39 is 23.6 Å². The zero-order chi connectivity index (χ0) is 20.0. The quantitative estimate of drug-likeness (QED) is 0.751. The molecular weight excluding hydrogens is 389 g/mol. The lowest BCUT2D eigenvalue weighted by atomic mass is 9.70. The van der Waals surface area contributed by atoms with Gasteiger partial charge in [-0.3, -0.25) is 9.69 Å². The van der Waals surface area contributed by atoms with Crippen LogP contribution < -0.4 is 0 Å². The van der Waals surface area contributed by atoms with Gasteiger partial charge in [-0.1, -0.05) is 44.0 Å².